The van der Waals surface area contributed by atoms with Gasteiger partial charge < -0.3 is 5.32 Å². The molecule has 1 heterocycles. The van der Waals surface area contributed by atoms with Gasteiger partial charge in [-0.1, -0.05) is 23.7 Å². The van der Waals surface area contributed by atoms with Crippen LogP contribution in [0, 0.1) is 0 Å². The maximum atomic E-state index is 5.87. The SMILES string of the molecule is Clc1cccc(CNCc2ncn[nH]2)c1. The number of nitrogens with one attached hydrogen (secondary N) is 2. The van der Waals surface area contributed by atoms with E-state index in [0.29, 0.717) is 6.54 Å². The molecule has 0 bridgehead atoms. The van der Waals surface area contributed by atoms with Crippen LogP contribution in [0.4, 0.5) is 0 Å². The topological polar surface area (TPSA) is 53.6 Å². The fourth-order valence-corrected chi connectivity index (χ4v) is 1.50. The molecule has 0 radical (unpaired) electrons. The fraction of sp³-hybridized carbons (Fsp3) is 0.200. The lowest BCUT2D eigenvalue weighted by atomic mass is 10.2. The van der Waals surface area contributed by atoms with E-state index < -0.39 is 0 Å². The molecular weight excluding hydrogens is 212 g/mol. The maximum absolute atomic E-state index is 5.87. The summed E-state index contributed by atoms with van der Waals surface area (Å²) in [7, 11) is 0. The van der Waals surface area contributed by atoms with Crippen molar-refractivity contribution in [1.82, 2.24) is 20.5 Å². The maximum Gasteiger partial charge on any atom is 0.138 e. The summed E-state index contributed by atoms with van der Waals surface area (Å²) in [5.74, 6) is 0.831. The number of halogens is 1. The van der Waals surface area contributed by atoms with Crippen LogP contribution >= 0.6 is 11.6 Å². The fourth-order valence-electron chi connectivity index (χ4n) is 1.29. The van der Waals surface area contributed by atoms with Gasteiger partial charge in [-0.25, -0.2) is 4.98 Å². The van der Waals surface area contributed by atoms with Crippen LogP contribution < -0.4 is 5.32 Å². The Balaban J connectivity index is 1.83. The Bertz CT molecular complexity index is 413. The summed E-state index contributed by atoms with van der Waals surface area (Å²) >= 11 is 5.87. The van der Waals surface area contributed by atoms with Crippen molar-refractivity contribution in [2.45, 2.75) is 13.1 Å². The van der Waals surface area contributed by atoms with Crippen LogP contribution in [0.15, 0.2) is 30.6 Å². The highest BCUT2D eigenvalue weighted by Gasteiger charge is 1.96. The molecule has 0 saturated heterocycles. The molecule has 0 spiro atoms. The third-order valence-corrected chi connectivity index (χ3v) is 2.21. The van der Waals surface area contributed by atoms with Gasteiger partial charge in [0, 0.05) is 11.6 Å². The third kappa shape index (κ3) is 3.04. The van der Waals surface area contributed by atoms with Crippen LogP contribution in [0.3, 0.4) is 0 Å². The van der Waals surface area contributed by atoms with Crippen LogP contribution in [-0.2, 0) is 13.1 Å². The van der Waals surface area contributed by atoms with Crippen molar-refractivity contribution in [2.75, 3.05) is 0 Å². The lowest BCUT2D eigenvalue weighted by Crippen LogP contribution is -2.13. The number of hydrogen-bond donors (Lipinski definition) is 2. The highest BCUT2D eigenvalue weighted by molar-refractivity contribution is 6.30. The molecule has 1 aromatic carbocycles. The van der Waals surface area contributed by atoms with Crippen LogP contribution in [0.25, 0.3) is 0 Å². The Morgan fingerprint density at radius 2 is 2.27 bits per heavy atom. The summed E-state index contributed by atoms with van der Waals surface area (Å²) in [5, 5.41) is 10.5. The molecule has 0 aliphatic heterocycles. The number of H-pyrrole nitrogens is 1. The second-order valence-electron chi connectivity index (χ2n) is 3.17. The first kappa shape index (κ1) is 10.1. The standard InChI is InChI=1S/C10H11ClN4/c11-9-3-1-2-8(4-9)5-12-6-10-13-7-14-15-10/h1-4,7,12H,5-6H2,(H,13,14,15). The Morgan fingerprint density at radius 1 is 1.33 bits per heavy atom. The number of nitrogens with zero attached hydrogens (tertiary/aromatic N) is 2. The van der Waals surface area contributed by atoms with Gasteiger partial charge in [0.25, 0.3) is 0 Å². The van der Waals surface area contributed by atoms with Crippen LogP contribution in [-0.4, -0.2) is 15.2 Å². The van der Waals surface area contributed by atoms with Gasteiger partial charge in [0.05, 0.1) is 6.54 Å². The van der Waals surface area contributed by atoms with Crippen molar-refractivity contribution >= 4 is 11.6 Å². The summed E-state index contributed by atoms with van der Waals surface area (Å²) < 4.78 is 0. The molecule has 0 saturated carbocycles. The summed E-state index contributed by atoms with van der Waals surface area (Å²) in [6.07, 6.45) is 1.50. The van der Waals surface area contributed by atoms with Crippen LogP contribution in [0.5, 0.6) is 0 Å². The zero-order valence-electron chi connectivity index (χ0n) is 8.07. The van der Waals surface area contributed by atoms with Gasteiger partial charge in [-0.05, 0) is 17.7 Å². The van der Waals surface area contributed by atoms with E-state index in [1.165, 1.54) is 6.33 Å². The number of hydrogen-bond acceptors (Lipinski definition) is 3. The zero-order valence-corrected chi connectivity index (χ0v) is 8.83. The third-order valence-electron chi connectivity index (χ3n) is 1.98. The van der Waals surface area contributed by atoms with E-state index in [1.807, 2.05) is 24.3 Å². The Morgan fingerprint density at radius 3 is 3.00 bits per heavy atom. The molecular formula is C10H11ClN4. The van der Waals surface area contributed by atoms with E-state index in [-0.39, 0.29) is 0 Å². The molecule has 0 unspecified atom stereocenters. The monoisotopic (exact) mass is 222 g/mol. The second-order valence-corrected chi connectivity index (χ2v) is 3.60. The predicted octanol–water partition coefficient (Wildman–Crippen LogP) is 1.75. The number of aromatic nitrogens is 3. The molecule has 2 N–H and O–H groups in total. The molecule has 0 atom stereocenters. The average Bonchev–Trinajstić information content (AvgIpc) is 2.71. The number of aromatic amines is 1. The molecule has 0 fully saturated rings. The smallest absolute Gasteiger partial charge is 0.138 e. The van der Waals surface area contributed by atoms with E-state index in [4.69, 9.17) is 11.6 Å². The lowest BCUT2D eigenvalue weighted by Gasteiger charge is -2.02. The Labute approximate surface area is 92.7 Å². The van der Waals surface area contributed by atoms with Crippen molar-refractivity contribution in [3.8, 4) is 0 Å². The highest BCUT2D eigenvalue weighted by Crippen LogP contribution is 2.10. The number of benzene rings is 1. The first-order valence-corrected chi connectivity index (χ1v) is 5.02. The van der Waals surface area contributed by atoms with Crippen LogP contribution in [0.2, 0.25) is 5.02 Å². The first-order chi connectivity index (χ1) is 7.34. The van der Waals surface area contributed by atoms with E-state index >= 15 is 0 Å². The van der Waals surface area contributed by atoms with Gasteiger partial charge >= 0.3 is 0 Å². The molecule has 0 aliphatic rings. The predicted molar refractivity (Wildman–Crippen MR) is 58.4 cm³/mol. The first-order valence-electron chi connectivity index (χ1n) is 4.64. The minimum absolute atomic E-state index is 0.673. The van der Waals surface area contributed by atoms with Gasteiger partial charge in [0.2, 0.25) is 0 Å². The minimum atomic E-state index is 0.673. The molecule has 1 aromatic heterocycles. The van der Waals surface area contributed by atoms with Gasteiger partial charge in [-0.3, -0.25) is 5.10 Å². The summed E-state index contributed by atoms with van der Waals surface area (Å²) in [4.78, 5) is 4.01. The summed E-state index contributed by atoms with van der Waals surface area (Å²) in [6.45, 7) is 1.44. The van der Waals surface area contributed by atoms with Crippen LogP contribution in [0.1, 0.15) is 11.4 Å². The lowest BCUT2D eigenvalue weighted by molar-refractivity contribution is 0.665. The molecule has 78 valence electrons. The highest BCUT2D eigenvalue weighted by atomic mass is 35.5. The number of rotatable bonds is 4. The van der Waals surface area contributed by atoms with Crippen molar-refractivity contribution in [2.24, 2.45) is 0 Å². The molecule has 0 aliphatic carbocycles. The van der Waals surface area contributed by atoms with Gasteiger partial charge in [0.15, 0.2) is 0 Å². The van der Waals surface area contributed by atoms with E-state index in [9.17, 15) is 0 Å². The molecule has 15 heavy (non-hydrogen) atoms. The van der Waals surface area contributed by atoms with E-state index in [0.717, 1.165) is 23.0 Å². The molecule has 5 heteroatoms. The minimum Gasteiger partial charge on any atom is -0.306 e. The Kier molecular flexibility index (Phi) is 3.32. The van der Waals surface area contributed by atoms with Gasteiger partial charge in [0.1, 0.15) is 12.2 Å². The van der Waals surface area contributed by atoms with Crippen molar-refractivity contribution < 1.29 is 0 Å². The Hall–Kier alpha value is -1.39. The molecule has 2 rings (SSSR count). The van der Waals surface area contributed by atoms with Crippen molar-refractivity contribution in [1.29, 1.82) is 0 Å². The zero-order chi connectivity index (χ0) is 10.5. The van der Waals surface area contributed by atoms with E-state index in [1.54, 1.807) is 0 Å². The van der Waals surface area contributed by atoms with Crippen molar-refractivity contribution in [3.05, 3.63) is 47.0 Å². The summed E-state index contributed by atoms with van der Waals surface area (Å²) in [6, 6.07) is 7.77. The molecule has 4 nitrogen and oxygen atoms in total. The summed E-state index contributed by atoms with van der Waals surface area (Å²) in [5.41, 5.74) is 1.15. The van der Waals surface area contributed by atoms with E-state index in [2.05, 4.69) is 20.5 Å². The van der Waals surface area contributed by atoms with Crippen molar-refractivity contribution in [3.63, 3.8) is 0 Å². The molecule has 2 aromatic rings. The van der Waals surface area contributed by atoms with Gasteiger partial charge in [-0.15, -0.1) is 0 Å². The van der Waals surface area contributed by atoms with Gasteiger partial charge in [-0.2, -0.15) is 5.10 Å². The molecule has 0 amide bonds. The second kappa shape index (κ2) is 4.91. The normalized spacial score (nSPS) is 10.5. The average molecular weight is 223 g/mol. The largest absolute Gasteiger partial charge is 0.306 e. The quantitative estimate of drug-likeness (QED) is 0.829.